The minimum atomic E-state index is -0.716. The molecule has 0 fully saturated rings. The molecule has 1 aliphatic rings. The molecule has 6 heteroatoms. The van der Waals surface area contributed by atoms with Gasteiger partial charge < -0.3 is 9.15 Å². The van der Waals surface area contributed by atoms with Crippen LogP contribution in [0.3, 0.4) is 0 Å². The highest BCUT2D eigenvalue weighted by Gasteiger charge is 2.44. The van der Waals surface area contributed by atoms with Crippen LogP contribution < -0.4 is 15.1 Å². The van der Waals surface area contributed by atoms with Gasteiger partial charge in [-0.2, -0.15) is 0 Å². The van der Waals surface area contributed by atoms with Crippen LogP contribution in [0.4, 0.5) is 5.82 Å². The average molecular weight is 460 g/mol. The van der Waals surface area contributed by atoms with E-state index in [1.54, 1.807) is 35.4 Å². The van der Waals surface area contributed by atoms with Gasteiger partial charge in [-0.3, -0.25) is 14.5 Å². The molecular formula is C29H20N2O4. The quantitative estimate of drug-likeness (QED) is 0.327. The highest BCUT2D eigenvalue weighted by atomic mass is 16.5. The van der Waals surface area contributed by atoms with E-state index in [1.165, 1.54) is 0 Å². The molecule has 0 saturated heterocycles. The summed E-state index contributed by atoms with van der Waals surface area (Å²) >= 11 is 0. The average Bonchev–Trinajstić information content (AvgIpc) is 3.17. The van der Waals surface area contributed by atoms with Crippen molar-refractivity contribution < 1.29 is 13.9 Å². The third kappa shape index (κ3) is 3.47. The maximum absolute atomic E-state index is 13.7. The van der Waals surface area contributed by atoms with Gasteiger partial charge in [-0.15, -0.1) is 0 Å². The number of aryl methyl sites for hydroxylation is 1. The number of pyridine rings is 1. The molecule has 6 nitrogen and oxygen atoms in total. The number of ether oxygens (including phenoxy) is 1. The third-order valence-corrected chi connectivity index (χ3v) is 6.14. The van der Waals surface area contributed by atoms with Crippen LogP contribution >= 0.6 is 0 Å². The van der Waals surface area contributed by atoms with Crippen molar-refractivity contribution >= 4 is 22.7 Å². The molecule has 0 N–H and O–H groups in total. The Bertz CT molecular complexity index is 1640. The van der Waals surface area contributed by atoms with Crippen molar-refractivity contribution in [2.75, 3.05) is 4.90 Å². The molecule has 0 saturated carbocycles. The summed E-state index contributed by atoms with van der Waals surface area (Å²) in [5.41, 5.74) is 1.98. The Hall–Kier alpha value is -4.71. The molecule has 170 valence electrons. The Labute approximate surface area is 201 Å². The number of fused-ring (bicyclic) bond motifs is 2. The normalized spacial score (nSPS) is 14.8. The van der Waals surface area contributed by atoms with E-state index >= 15 is 0 Å². The van der Waals surface area contributed by atoms with E-state index in [0.717, 1.165) is 11.1 Å². The zero-order valence-corrected chi connectivity index (χ0v) is 18.8. The van der Waals surface area contributed by atoms with Crippen molar-refractivity contribution in [1.82, 2.24) is 4.98 Å². The first kappa shape index (κ1) is 20.9. The molecule has 0 aliphatic carbocycles. The van der Waals surface area contributed by atoms with Gasteiger partial charge in [0.1, 0.15) is 22.9 Å². The van der Waals surface area contributed by atoms with Crippen molar-refractivity contribution in [1.29, 1.82) is 0 Å². The van der Waals surface area contributed by atoms with Crippen LogP contribution in [0.15, 0.2) is 106 Å². The Morgan fingerprint density at radius 3 is 2.46 bits per heavy atom. The monoisotopic (exact) mass is 460 g/mol. The lowest BCUT2D eigenvalue weighted by molar-refractivity contribution is 0.0970. The third-order valence-electron chi connectivity index (χ3n) is 6.14. The van der Waals surface area contributed by atoms with Crippen molar-refractivity contribution in [2.24, 2.45) is 0 Å². The largest absolute Gasteiger partial charge is 0.457 e. The fraction of sp³-hybridized carbons (Fsp3) is 0.0690. The SMILES string of the molecule is Cc1cccnc1N1C(=O)c2oc3ccccc3c(=O)c2C1c1cccc(Oc2ccccc2)c1. The second-order valence-electron chi connectivity index (χ2n) is 8.38. The van der Waals surface area contributed by atoms with Crippen molar-refractivity contribution in [3.63, 3.8) is 0 Å². The highest BCUT2D eigenvalue weighted by molar-refractivity contribution is 6.10. The molecule has 1 amide bonds. The van der Waals surface area contributed by atoms with Crippen LogP contribution in [0.25, 0.3) is 11.0 Å². The van der Waals surface area contributed by atoms with Gasteiger partial charge in [0.2, 0.25) is 5.76 Å². The Kier molecular flexibility index (Phi) is 4.92. The molecule has 5 aromatic rings. The van der Waals surface area contributed by atoms with Gasteiger partial charge in [-0.25, -0.2) is 4.98 Å². The topological polar surface area (TPSA) is 72.6 Å². The smallest absolute Gasteiger partial charge is 0.296 e. The second kappa shape index (κ2) is 8.25. The number of amides is 1. The predicted octanol–water partition coefficient (Wildman–Crippen LogP) is 6.04. The van der Waals surface area contributed by atoms with Gasteiger partial charge in [-0.05, 0) is 60.5 Å². The fourth-order valence-corrected chi connectivity index (χ4v) is 4.56. The Balaban J connectivity index is 1.56. The lowest BCUT2D eigenvalue weighted by Gasteiger charge is -2.25. The van der Waals surface area contributed by atoms with Crippen LogP contribution in [-0.4, -0.2) is 10.9 Å². The minimum Gasteiger partial charge on any atom is -0.457 e. The van der Waals surface area contributed by atoms with E-state index in [-0.39, 0.29) is 11.2 Å². The molecule has 3 aromatic carbocycles. The van der Waals surface area contributed by atoms with Gasteiger partial charge in [0.15, 0.2) is 5.43 Å². The van der Waals surface area contributed by atoms with Crippen molar-refractivity contribution in [2.45, 2.75) is 13.0 Å². The van der Waals surface area contributed by atoms with Gasteiger partial charge in [0.25, 0.3) is 5.91 Å². The van der Waals surface area contributed by atoms with Gasteiger partial charge in [-0.1, -0.05) is 48.5 Å². The first-order valence-electron chi connectivity index (χ1n) is 11.3. The van der Waals surface area contributed by atoms with Crippen LogP contribution in [-0.2, 0) is 0 Å². The molecule has 1 aliphatic heterocycles. The van der Waals surface area contributed by atoms with Gasteiger partial charge >= 0.3 is 0 Å². The number of rotatable bonds is 4. The number of anilines is 1. The molecule has 3 heterocycles. The van der Waals surface area contributed by atoms with E-state index in [0.29, 0.717) is 33.8 Å². The van der Waals surface area contributed by atoms with Gasteiger partial charge in [0, 0.05) is 6.20 Å². The van der Waals surface area contributed by atoms with Crippen LogP contribution in [0.2, 0.25) is 0 Å². The molecular weight excluding hydrogens is 440 g/mol. The number of carbonyl (C=O) groups is 1. The van der Waals surface area contributed by atoms with E-state index in [9.17, 15) is 9.59 Å². The summed E-state index contributed by atoms with van der Waals surface area (Å²) in [4.78, 5) is 33.5. The van der Waals surface area contributed by atoms with Crippen molar-refractivity contribution in [3.05, 3.63) is 130 Å². The standard InChI is InChI=1S/C29H20N2O4/c1-18-9-8-16-30-28(18)31-25(19-10-7-13-21(17-19)34-20-11-3-2-4-12-20)24-26(32)22-14-5-6-15-23(22)35-27(24)29(31)33/h2-17,25H,1H3. The van der Waals surface area contributed by atoms with E-state index in [2.05, 4.69) is 4.98 Å². The van der Waals surface area contributed by atoms with E-state index < -0.39 is 11.9 Å². The number of para-hydroxylation sites is 2. The first-order valence-corrected chi connectivity index (χ1v) is 11.3. The summed E-state index contributed by atoms with van der Waals surface area (Å²) in [6.07, 6.45) is 1.64. The van der Waals surface area contributed by atoms with Crippen LogP contribution in [0.5, 0.6) is 11.5 Å². The molecule has 0 radical (unpaired) electrons. The number of benzene rings is 3. The summed E-state index contributed by atoms with van der Waals surface area (Å²) in [6, 6.07) is 26.8. The maximum atomic E-state index is 13.7. The summed E-state index contributed by atoms with van der Waals surface area (Å²) < 4.78 is 12.1. The number of carbonyl (C=O) groups excluding carboxylic acids is 1. The number of nitrogens with zero attached hydrogens (tertiary/aromatic N) is 2. The van der Waals surface area contributed by atoms with Gasteiger partial charge in [0.05, 0.1) is 17.0 Å². The van der Waals surface area contributed by atoms with Crippen molar-refractivity contribution in [3.8, 4) is 11.5 Å². The zero-order valence-electron chi connectivity index (χ0n) is 18.8. The second-order valence-corrected chi connectivity index (χ2v) is 8.38. The Morgan fingerprint density at radius 2 is 1.63 bits per heavy atom. The number of hydrogen-bond acceptors (Lipinski definition) is 5. The number of hydrogen-bond donors (Lipinski definition) is 0. The lowest BCUT2D eigenvalue weighted by Crippen LogP contribution is -2.30. The van der Waals surface area contributed by atoms with E-state index in [1.807, 2.05) is 73.7 Å². The Morgan fingerprint density at radius 1 is 0.857 bits per heavy atom. The molecule has 35 heavy (non-hydrogen) atoms. The summed E-state index contributed by atoms with van der Waals surface area (Å²) in [5, 5.41) is 0.431. The minimum absolute atomic E-state index is 0.0399. The number of aromatic nitrogens is 1. The molecule has 0 spiro atoms. The van der Waals surface area contributed by atoms with E-state index in [4.69, 9.17) is 9.15 Å². The zero-order chi connectivity index (χ0) is 23.9. The summed E-state index contributed by atoms with van der Waals surface area (Å²) in [6.45, 7) is 1.89. The highest BCUT2D eigenvalue weighted by Crippen LogP contribution is 2.42. The fourth-order valence-electron chi connectivity index (χ4n) is 4.56. The molecule has 2 aromatic heterocycles. The summed E-state index contributed by atoms with van der Waals surface area (Å²) in [7, 11) is 0. The molecule has 1 unspecified atom stereocenters. The summed E-state index contributed by atoms with van der Waals surface area (Å²) in [5.74, 6) is 1.40. The molecule has 6 rings (SSSR count). The predicted molar refractivity (Wildman–Crippen MR) is 133 cm³/mol. The first-order chi connectivity index (χ1) is 17.1. The molecule has 0 bridgehead atoms. The lowest BCUT2D eigenvalue weighted by atomic mass is 9.98. The van der Waals surface area contributed by atoms with Crippen LogP contribution in [0.1, 0.15) is 33.3 Å². The molecule has 1 atom stereocenters. The van der Waals surface area contributed by atoms with Crippen LogP contribution in [0, 0.1) is 6.92 Å². The maximum Gasteiger partial charge on any atom is 0.296 e.